The second-order valence-electron chi connectivity index (χ2n) is 6.18. The third-order valence-corrected chi connectivity index (χ3v) is 4.69. The minimum Gasteiger partial charge on any atom is -0.493 e. The van der Waals surface area contributed by atoms with Crippen molar-refractivity contribution in [2.75, 3.05) is 14.2 Å². The molecule has 6 heteroatoms. The largest absolute Gasteiger partial charge is 0.493 e. The first-order valence-electron chi connectivity index (χ1n) is 8.23. The van der Waals surface area contributed by atoms with Crippen molar-refractivity contribution in [3.8, 4) is 11.5 Å². The molecule has 0 aliphatic heterocycles. The van der Waals surface area contributed by atoms with Crippen LogP contribution in [0, 0.1) is 11.8 Å². The fraction of sp³-hybridized carbons (Fsp3) is 0.556. The molecule has 2 rings (SSSR count). The van der Waals surface area contributed by atoms with Gasteiger partial charge in [0.05, 0.1) is 32.1 Å². The summed E-state index contributed by atoms with van der Waals surface area (Å²) in [5.74, 6) is -0.900. The van der Waals surface area contributed by atoms with E-state index in [9.17, 15) is 14.7 Å². The molecule has 1 fully saturated rings. The summed E-state index contributed by atoms with van der Waals surface area (Å²) in [7, 11) is 3.13. The molecular formula is C18H25NO5. The maximum atomic E-state index is 12.5. The Hall–Kier alpha value is -2.24. The Balaban J connectivity index is 2.09. The average molecular weight is 335 g/mol. The van der Waals surface area contributed by atoms with Gasteiger partial charge < -0.3 is 19.9 Å². The van der Waals surface area contributed by atoms with Gasteiger partial charge in [-0.15, -0.1) is 0 Å². The molecule has 1 amide bonds. The molecule has 6 nitrogen and oxygen atoms in total. The summed E-state index contributed by atoms with van der Waals surface area (Å²) in [5, 5.41) is 12.3. The minimum atomic E-state index is -0.881. The van der Waals surface area contributed by atoms with Crippen molar-refractivity contribution in [1.82, 2.24) is 5.32 Å². The quantitative estimate of drug-likeness (QED) is 0.835. The standard InChI is InChI=1S/C18H25NO5/c1-11(12-8-9-15(23-2)16(10-12)24-3)19-17(20)13-6-4-5-7-14(13)18(21)22/h8-11,13-14H,4-7H2,1-3H3,(H,19,20)(H,21,22)/t11-,13-,14-/m0/s1. The van der Waals surface area contributed by atoms with Gasteiger partial charge in [-0.25, -0.2) is 0 Å². The smallest absolute Gasteiger partial charge is 0.307 e. The highest BCUT2D eigenvalue weighted by Crippen LogP contribution is 2.32. The molecule has 0 saturated heterocycles. The predicted molar refractivity (Wildman–Crippen MR) is 89.2 cm³/mol. The normalized spacial score (nSPS) is 21.6. The molecular weight excluding hydrogens is 310 g/mol. The van der Waals surface area contributed by atoms with Crippen molar-refractivity contribution in [2.24, 2.45) is 11.8 Å². The first-order valence-corrected chi connectivity index (χ1v) is 8.23. The number of carbonyl (C=O) groups excluding carboxylic acids is 1. The van der Waals surface area contributed by atoms with Crippen molar-refractivity contribution in [2.45, 2.75) is 38.6 Å². The number of carboxylic acid groups (broad SMARTS) is 1. The van der Waals surface area contributed by atoms with Crippen LogP contribution in [0.4, 0.5) is 0 Å². The molecule has 0 radical (unpaired) electrons. The lowest BCUT2D eigenvalue weighted by Crippen LogP contribution is -2.40. The van der Waals surface area contributed by atoms with E-state index in [1.807, 2.05) is 19.1 Å². The van der Waals surface area contributed by atoms with Crippen LogP contribution < -0.4 is 14.8 Å². The van der Waals surface area contributed by atoms with Crippen LogP contribution >= 0.6 is 0 Å². The molecule has 0 unspecified atom stereocenters. The van der Waals surface area contributed by atoms with Crippen LogP contribution in [0.25, 0.3) is 0 Å². The van der Waals surface area contributed by atoms with Crippen LogP contribution in [0.15, 0.2) is 18.2 Å². The number of carbonyl (C=O) groups is 2. The molecule has 1 aromatic rings. The van der Waals surface area contributed by atoms with Crippen LogP contribution in [0.3, 0.4) is 0 Å². The van der Waals surface area contributed by atoms with Crippen LogP contribution in [0.5, 0.6) is 11.5 Å². The van der Waals surface area contributed by atoms with E-state index in [2.05, 4.69) is 5.32 Å². The van der Waals surface area contributed by atoms with Crippen molar-refractivity contribution >= 4 is 11.9 Å². The molecule has 132 valence electrons. The SMILES string of the molecule is COc1ccc([C@H](C)NC(=O)[C@H]2CCCC[C@@H]2C(=O)O)cc1OC. The number of hydrogen-bond donors (Lipinski definition) is 2. The van der Waals surface area contributed by atoms with E-state index in [0.29, 0.717) is 24.3 Å². The molecule has 0 heterocycles. The Kier molecular flexibility index (Phi) is 6.06. The molecule has 0 bridgehead atoms. The zero-order valence-corrected chi connectivity index (χ0v) is 14.4. The predicted octanol–water partition coefficient (Wildman–Crippen LogP) is 2.77. The fourth-order valence-electron chi connectivity index (χ4n) is 3.27. The Labute approximate surface area is 142 Å². The summed E-state index contributed by atoms with van der Waals surface area (Å²) < 4.78 is 10.5. The number of rotatable bonds is 6. The second kappa shape index (κ2) is 8.04. The Bertz CT molecular complexity index is 601. The molecule has 1 aliphatic rings. The third-order valence-electron chi connectivity index (χ3n) is 4.69. The summed E-state index contributed by atoms with van der Waals surface area (Å²) in [6, 6.07) is 5.23. The van der Waals surface area contributed by atoms with Gasteiger partial charge in [-0.1, -0.05) is 18.9 Å². The summed E-state index contributed by atoms with van der Waals surface area (Å²) >= 11 is 0. The van der Waals surface area contributed by atoms with Crippen LogP contribution in [0.1, 0.15) is 44.2 Å². The lowest BCUT2D eigenvalue weighted by molar-refractivity contribution is -0.149. The van der Waals surface area contributed by atoms with Gasteiger partial charge >= 0.3 is 5.97 Å². The number of hydrogen-bond acceptors (Lipinski definition) is 4. The molecule has 1 aromatic carbocycles. The number of ether oxygens (including phenoxy) is 2. The summed E-state index contributed by atoms with van der Waals surface area (Å²) in [6.07, 6.45) is 2.96. The molecule has 3 atom stereocenters. The van der Waals surface area contributed by atoms with Gasteiger partial charge in [0.15, 0.2) is 11.5 Å². The van der Waals surface area contributed by atoms with E-state index in [-0.39, 0.29) is 11.9 Å². The average Bonchev–Trinajstić information content (AvgIpc) is 2.60. The van der Waals surface area contributed by atoms with Crippen LogP contribution in [0.2, 0.25) is 0 Å². The number of methoxy groups -OCH3 is 2. The van der Waals surface area contributed by atoms with Crippen molar-refractivity contribution in [3.05, 3.63) is 23.8 Å². The molecule has 24 heavy (non-hydrogen) atoms. The molecule has 0 spiro atoms. The molecule has 2 N–H and O–H groups in total. The zero-order chi connectivity index (χ0) is 17.7. The second-order valence-corrected chi connectivity index (χ2v) is 6.18. The van der Waals surface area contributed by atoms with Gasteiger partial charge in [-0.2, -0.15) is 0 Å². The van der Waals surface area contributed by atoms with E-state index in [1.165, 1.54) is 0 Å². The summed E-state index contributed by atoms with van der Waals surface area (Å²) in [6.45, 7) is 1.87. The Morgan fingerprint density at radius 2 is 1.75 bits per heavy atom. The number of nitrogens with one attached hydrogen (secondary N) is 1. The highest BCUT2D eigenvalue weighted by atomic mass is 16.5. The van der Waals surface area contributed by atoms with Gasteiger partial charge in [-0.3, -0.25) is 9.59 Å². The minimum absolute atomic E-state index is 0.190. The van der Waals surface area contributed by atoms with Crippen LogP contribution in [-0.2, 0) is 9.59 Å². The van der Waals surface area contributed by atoms with Gasteiger partial charge in [0.25, 0.3) is 0 Å². The highest BCUT2D eigenvalue weighted by molar-refractivity contribution is 5.85. The number of amides is 1. The maximum Gasteiger partial charge on any atom is 0.307 e. The Morgan fingerprint density at radius 3 is 2.33 bits per heavy atom. The van der Waals surface area contributed by atoms with Crippen molar-refractivity contribution in [1.29, 1.82) is 0 Å². The van der Waals surface area contributed by atoms with E-state index in [1.54, 1.807) is 20.3 Å². The highest BCUT2D eigenvalue weighted by Gasteiger charge is 2.36. The first kappa shape index (κ1) is 18.1. The van der Waals surface area contributed by atoms with Gasteiger partial charge in [0.1, 0.15) is 0 Å². The number of carboxylic acids is 1. The number of aliphatic carboxylic acids is 1. The maximum absolute atomic E-state index is 12.5. The number of benzene rings is 1. The van der Waals surface area contributed by atoms with Gasteiger partial charge in [0, 0.05) is 0 Å². The molecule has 1 saturated carbocycles. The third kappa shape index (κ3) is 3.99. The van der Waals surface area contributed by atoms with E-state index >= 15 is 0 Å². The molecule has 0 aromatic heterocycles. The van der Waals surface area contributed by atoms with Crippen molar-refractivity contribution in [3.63, 3.8) is 0 Å². The van der Waals surface area contributed by atoms with Gasteiger partial charge in [0.2, 0.25) is 5.91 Å². The van der Waals surface area contributed by atoms with Crippen molar-refractivity contribution < 1.29 is 24.2 Å². The summed E-state index contributed by atoms with van der Waals surface area (Å²) in [5.41, 5.74) is 0.878. The van der Waals surface area contributed by atoms with E-state index < -0.39 is 17.8 Å². The lowest BCUT2D eigenvalue weighted by Gasteiger charge is -2.29. The lowest BCUT2D eigenvalue weighted by atomic mass is 9.78. The summed E-state index contributed by atoms with van der Waals surface area (Å²) in [4.78, 5) is 23.9. The molecule has 1 aliphatic carbocycles. The van der Waals surface area contributed by atoms with E-state index in [4.69, 9.17) is 9.47 Å². The zero-order valence-electron chi connectivity index (χ0n) is 14.4. The Morgan fingerprint density at radius 1 is 1.12 bits per heavy atom. The fourth-order valence-corrected chi connectivity index (χ4v) is 3.27. The monoisotopic (exact) mass is 335 g/mol. The van der Waals surface area contributed by atoms with Crippen LogP contribution in [-0.4, -0.2) is 31.2 Å². The first-order chi connectivity index (χ1) is 11.5. The van der Waals surface area contributed by atoms with E-state index in [0.717, 1.165) is 18.4 Å². The van der Waals surface area contributed by atoms with Gasteiger partial charge in [-0.05, 0) is 37.5 Å². The topological polar surface area (TPSA) is 84.9 Å².